The summed E-state index contributed by atoms with van der Waals surface area (Å²) in [6.07, 6.45) is 0.840. The van der Waals surface area contributed by atoms with Crippen LogP contribution in [-0.2, 0) is 20.6 Å². The van der Waals surface area contributed by atoms with E-state index < -0.39 is 17.4 Å². The lowest BCUT2D eigenvalue weighted by Crippen LogP contribution is -2.49. The Morgan fingerprint density at radius 3 is 2.38 bits per heavy atom. The van der Waals surface area contributed by atoms with Crippen molar-refractivity contribution in [3.8, 4) is 0 Å². The van der Waals surface area contributed by atoms with Gasteiger partial charge in [-0.3, -0.25) is 23.7 Å². The molecule has 1 saturated heterocycles. The first-order valence-electron chi connectivity index (χ1n) is 8.77. The van der Waals surface area contributed by atoms with Crippen LogP contribution in [0.3, 0.4) is 0 Å². The number of aryl methyl sites for hydroxylation is 1. The Morgan fingerprint density at radius 1 is 1.08 bits per heavy atom. The molecule has 26 heavy (non-hydrogen) atoms. The van der Waals surface area contributed by atoms with Crippen LogP contribution in [0.1, 0.15) is 0 Å². The molecule has 3 heterocycles. The van der Waals surface area contributed by atoms with Crippen LogP contribution in [0.4, 0.5) is 0 Å². The molecule has 2 aromatic rings. The summed E-state index contributed by atoms with van der Waals surface area (Å²) in [6.45, 7) is 4.97. The van der Waals surface area contributed by atoms with E-state index >= 15 is 0 Å². The maximum Gasteiger partial charge on any atom is 0.332 e. The third-order valence-corrected chi connectivity index (χ3v) is 4.97. The van der Waals surface area contributed by atoms with Crippen LogP contribution in [0.5, 0.6) is 0 Å². The molecule has 1 atom stereocenters. The molecule has 1 fully saturated rings. The van der Waals surface area contributed by atoms with Crippen molar-refractivity contribution in [2.45, 2.75) is 12.6 Å². The molecule has 1 aliphatic heterocycles. The first-order valence-corrected chi connectivity index (χ1v) is 8.77. The van der Waals surface area contributed by atoms with Crippen LogP contribution >= 0.6 is 0 Å². The predicted octanol–water partition coefficient (Wildman–Crippen LogP) is -2.60. The summed E-state index contributed by atoms with van der Waals surface area (Å²) in [7, 11) is 3.01. The lowest BCUT2D eigenvalue weighted by atomic mass is 10.2. The van der Waals surface area contributed by atoms with E-state index in [1.807, 2.05) is 0 Å². The number of aromatic nitrogens is 4. The summed E-state index contributed by atoms with van der Waals surface area (Å²) in [5.41, 5.74) is -0.191. The van der Waals surface area contributed by atoms with E-state index in [4.69, 9.17) is 5.11 Å². The lowest BCUT2D eigenvalue weighted by Gasteiger charge is -2.35. The van der Waals surface area contributed by atoms with Crippen LogP contribution in [0, 0.1) is 0 Å². The molecule has 144 valence electrons. The maximum atomic E-state index is 12.4. The quantitative estimate of drug-likeness (QED) is 0.577. The second-order valence-corrected chi connectivity index (χ2v) is 6.79. The number of nitrogens with zero attached hydrogens (tertiary/aromatic N) is 6. The van der Waals surface area contributed by atoms with Gasteiger partial charge in [-0.25, -0.2) is 9.78 Å². The summed E-state index contributed by atoms with van der Waals surface area (Å²) in [4.78, 5) is 32.9. The predicted molar refractivity (Wildman–Crippen MR) is 96.2 cm³/mol. The fraction of sp³-hybridized carbons (Fsp3) is 0.688. The van der Waals surface area contributed by atoms with Crippen molar-refractivity contribution < 1.29 is 10.2 Å². The smallest absolute Gasteiger partial charge is 0.332 e. The van der Waals surface area contributed by atoms with E-state index in [9.17, 15) is 14.7 Å². The third-order valence-electron chi connectivity index (χ3n) is 4.97. The molecule has 0 spiro atoms. The maximum absolute atomic E-state index is 12.4. The van der Waals surface area contributed by atoms with Gasteiger partial charge >= 0.3 is 5.69 Å². The van der Waals surface area contributed by atoms with Crippen molar-refractivity contribution >= 4 is 11.2 Å². The summed E-state index contributed by atoms with van der Waals surface area (Å²) in [6, 6.07) is 0. The molecule has 10 heteroatoms. The molecule has 10 nitrogen and oxygen atoms in total. The number of hydrogen-bond acceptors (Lipinski definition) is 7. The van der Waals surface area contributed by atoms with Crippen LogP contribution in [0.2, 0.25) is 0 Å². The Hall–Kier alpha value is -2.01. The van der Waals surface area contributed by atoms with Gasteiger partial charge in [0, 0.05) is 53.4 Å². The van der Waals surface area contributed by atoms with E-state index in [0.717, 1.165) is 30.7 Å². The molecular formula is C16H26N6O4. The monoisotopic (exact) mass is 366 g/mol. The van der Waals surface area contributed by atoms with Crippen LogP contribution in [0.15, 0.2) is 15.9 Å². The van der Waals surface area contributed by atoms with Gasteiger partial charge in [0.2, 0.25) is 0 Å². The van der Waals surface area contributed by atoms with Gasteiger partial charge in [-0.05, 0) is 0 Å². The number of imidazole rings is 1. The molecule has 2 aromatic heterocycles. The zero-order valence-electron chi connectivity index (χ0n) is 15.2. The highest BCUT2D eigenvalue weighted by molar-refractivity contribution is 5.69. The largest absolute Gasteiger partial charge is 0.395 e. The van der Waals surface area contributed by atoms with Crippen LogP contribution in [-0.4, -0.2) is 90.7 Å². The Kier molecular flexibility index (Phi) is 5.56. The molecule has 0 bridgehead atoms. The Morgan fingerprint density at radius 2 is 1.73 bits per heavy atom. The Balaban J connectivity index is 1.70. The number of aliphatic hydroxyl groups excluding tert-OH is 2. The Labute approximate surface area is 150 Å². The van der Waals surface area contributed by atoms with E-state index in [-0.39, 0.29) is 13.2 Å². The van der Waals surface area contributed by atoms with E-state index in [0.29, 0.717) is 24.3 Å². The van der Waals surface area contributed by atoms with Gasteiger partial charge in [-0.1, -0.05) is 0 Å². The van der Waals surface area contributed by atoms with Gasteiger partial charge in [-0.15, -0.1) is 0 Å². The summed E-state index contributed by atoms with van der Waals surface area (Å²) < 4.78 is 4.00. The highest BCUT2D eigenvalue weighted by atomic mass is 16.3. The molecule has 2 N–H and O–H groups in total. The van der Waals surface area contributed by atoms with Gasteiger partial charge in [0.05, 0.1) is 25.6 Å². The van der Waals surface area contributed by atoms with Crippen molar-refractivity contribution in [1.29, 1.82) is 0 Å². The van der Waals surface area contributed by atoms with E-state index in [1.165, 1.54) is 17.9 Å². The van der Waals surface area contributed by atoms with Crippen molar-refractivity contribution in [3.63, 3.8) is 0 Å². The van der Waals surface area contributed by atoms with Gasteiger partial charge in [-0.2, -0.15) is 0 Å². The number of β-amino-alcohol motifs (C(OH)–C–C–N with tert-alkyl or cyclic N) is 2. The number of piperazine rings is 1. The summed E-state index contributed by atoms with van der Waals surface area (Å²) in [5.74, 6) is 0. The van der Waals surface area contributed by atoms with Gasteiger partial charge in [0.15, 0.2) is 11.2 Å². The van der Waals surface area contributed by atoms with Crippen LogP contribution in [0.25, 0.3) is 11.2 Å². The normalized spacial score (nSPS) is 17.8. The van der Waals surface area contributed by atoms with Crippen molar-refractivity contribution in [2.24, 2.45) is 14.1 Å². The van der Waals surface area contributed by atoms with Gasteiger partial charge < -0.3 is 14.8 Å². The average Bonchev–Trinajstić information content (AvgIpc) is 3.03. The molecule has 0 aromatic carbocycles. The zero-order chi connectivity index (χ0) is 18.8. The number of aliphatic hydroxyl groups is 2. The topological polar surface area (TPSA) is 109 Å². The number of rotatable bonds is 6. The second kappa shape index (κ2) is 7.70. The molecule has 0 aliphatic carbocycles. The zero-order valence-corrected chi connectivity index (χ0v) is 15.2. The fourth-order valence-electron chi connectivity index (χ4n) is 3.46. The molecule has 0 unspecified atom stereocenters. The summed E-state index contributed by atoms with van der Waals surface area (Å²) in [5, 5.41) is 19.5. The van der Waals surface area contributed by atoms with Crippen molar-refractivity contribution in [1.82, 2.24) is 28.5 Å². The van der Waals surface area contributed by atoms with Crippen LogP contribution < -0.4 is 11.2 Å². The fourth-order valence-corrected chi connectivity index (χ4v) is 3.46. The molecule has 0 saturated carbocycles. The molecule has 0 amide bonds. The lowest BCUT2D eigenvalue weighted by molar-refractivity contribution is 0.0595. The van der Waals surface area contributed by atoms with Crippen molar-refractivity contribution in [3.05, 3.63) is 27.2 Å². The number of hydrogen-bond donors (Lipinski definition) is 2. The molecule has 1 aliphatic rings. The number of fused-ring (bicyclic) bond motifs is 1. The molecule has 3 rings (SSSR count). The highest BCUT2D eigenvalue weighted by Crippen LogP contribution is 2.08. The summed E-state index contributed by atoms with van der Waals surface area (Å²) >= 11 is 0. The standard InChI is InChI=1S/C16H26N6O4/c1-18-14-13(15(25)19(2)16(18)26)22(11-17-14)10-12(24)9-21-5-3-20(4-6-21)7-8-23/h11-12,23-24H,3-10H2,1-2H3/t12-/m0/s1. The SMILES string of the molecule is Cn1c(=O)c2c(ncn2C[C@@H](O)CN2CCN(CCO)CC2)n(C)c1=O. The second-order valence-electron chi connectivity index (χ2n) is 6.79. The van der Waals surface area contributed by atoms with Gasteiger partial charge in [0.25, 0.3) is 5.56 Å². The first-order chi connectivity index (χ1) is 12.4. The van der Waals surface area contributed by atoms with E-state index in [2.05, 4.69) is 14.8 Å². The van der Waals surface area contributed by atoms with Gasteiger partial charge in [0.1, 0.15) is 0 Å². The minimum absolute atomic E-state index is 0.161. The van der Waals surface area contributed by atoms with E-state index in [1.54, 1.807) is 11.6 Å². The average molecular weight is 366 g/mol. The molecular weight excluding hydrogens is 340 g/mol. The molecule has 0 radical (unpaired) electrons. The third kappa shape index (κ3) is 3.58. The van der Waals surface area contributed by atoms with Crippen molar-refractivity contribution in [2.75, 3.05) is 45.9 Å². The first kappa shape index (κ1) is 18.8. The Bertz CT molecular complexity index is 877. The highest BCUT2D eigenvalue weighted by Gasteiger charge is 2.21. The minimum atomic E-state index is -0.654. The minimum Gasteiger partial charge on any atom is -0.395 e.